The Morgan fingerprint density at radius 1 is 1.36 bits per heavy atom. The van der Waals surface area contributed by atoms with Crippen LogP contribution in [0.25, 0.3) is 23.0 Å². The lowest BCUT2D eigenvalue weighted by Gasteiger charge is -2.13. The maximum atomic E-state index is 12.7. The third-order valence-electron chi connectivity index (χ3n) is 6.00. The van der Waals surface area contributed by atoms with E-state index in [1.165, 1.54) is 0 Å². The lowest BCUT2D eigenvalue weighted by atomic mass is 9.93. The van der Waals surface area contributed by atoms with Crippen LogP contribution >= 0.6 is 0 Å². The number of aromatic nitrogens is 2. The fourth-order valence-electron chi connectivity index (χ4n) is 3.92. The predicted molar refractivity (Wildman–Crippen MR) is 121 cm³/mol. The Hall–Kier alpha value is -3.60. The second kappa shape index (κ2) is 8.39. The van der Waals surface area contributed by atoms with Crippen LogP contribution in [0.5, 0.6) is 0 Å². The molecule has 8 heteroatoms. The maximum Gasteiger partial charge on any atom is 0.390 e. The largest absolute Gasteiger partial charge is 0.390 e. The molecule has 0 amide bonds. The zero-order chi connectivity index (χ0) is 23.8. The number of hydrogen-bond donors (Lipinski definition) is 1. The number of anilines is 1. The topological polar surface area (TPSA) is 70.2 Å². The van der Waals surface area contributed by atoms with E-state index in [1.54, 1.807) is 28.8 Å². The molecular formula is C25H23F3N4O. The first-order valence-electron chi connectivity index (χ1n) is 10.6. The summed E-state index contributed by atoms with van der Waals surface area (Å²) in [5, 5.41) is 12.1. The van der Waals surface area contributed by atoms with Gasteiger partial charge in [-0.25, -0.2) is 4.98 Å². The minimum Gasteiger partial charge on any atom is -0.382 e. The van der Waals surface area contributed by atoms with Crippen LogP contribution < -0.4 is 5.32 Å². The molecule has 1 aliphatic rings. The highest BCUT2D eigenvalue weighted by atomic mass is 19.4. The van der Waals surface area contributed by atoms with Crippen molar-refractivity contribution in [2.45, 2.75) is 38.8 Å². The van der Waals surface area contributed by atoms with Crippen LogP contribution in [-0.4, -0.2) is 27.9 Å². The minimum absolute atomic E-state index is 0.0404. The molecule has 0 atom stereocenters. The number of hydrogen-bond acceptors (Lipinski definition) is 4. The van der Waals surface area contributed by atoms with E-state index in [0.29, 0.717) is 16.9 Å². The SMILES string of the molecule is C=Cc1cc(NCCC(F)(F)F)c2ncc(-c3ccc(C(=O)CC4(C#N)CC4)c(C)c3)n2c1. The molecule has 0 saturated heterocycles. The highest BCUT2D eigenvalue weighted by Crippen LogP contribution is 2.48. The number of nitriles is 1. The molecule has 2 heterocycles. The van der Waals surface area contributed by atoms with Gasteiger partial charge in [0.25, 0.3) is 0 Å². The van der Waals surface area contributed by atoms with E-state index in [0.717, 1.165) is 35.2 Å². The summed E-state index contributed by atoms with van der Waals surface area (Å²) < 4.78 is 39.5. The molecule has 1 fully saturated rings. The molecule has 1 aromatic carbocycles. The first-order valence-corrected chi connectivity index (χ1v) is 10.6. The van der Waals surface area contributed by atoms with Crippen molar-refractivity contribution in [1.82, 2.24) is 9.38 Å². The Morgan fingerprint density at radius 3 is 2.73 bits per heavy atom. The van der Waals surface area contributed by atoms with E-state index in [2.05, 4.69) is 22.9 Å². The number of halogens is 3. The molecule has 0 unspecified atom stereocenters. The van der Waals surface area contributed by atoms with Gasteiger partial charge in [-0.15, -0.1) is 0 Å². The van der Waals surface area contributed by atoms with E-state index >= 15 is 0 Å². The molecule has 0 aliphatic heterocycles. The molecule has 0 spiro atoms. The average Bonchev–Trinajstić information content (AvgIpc) is 3.40. The van der Waals surface area contributed by atoms with Crippen molar-refractivity contribution in [2.24, 2.45) is 5.41 Å². The lowest BCUT2D eigenvalue weighted by molar-refractivity contribution is -0.131. The van der Waals surface area contributed by atoms with E-state index in [1.807, 2.05) is 25.3 Å². The summed E-state index contributed by atoms with van der Waals surface area (Å²) in [6, 6.07) is 9.45. The van der Waals surface area contributed by atoms with Gasteiger partial charge in [-0.1, -0.05) is 24.8 Å². The summed E-state index contributed by atoms with van der Waals surface area (Å²) >= 11 is 0. The molecular weight excluding hydrogens is 429 g/mol. The fraction of sp³-hybridized carbons (Fsp3) is 0.320. The van der Waals surface area contributed by atoms with E-state index in [4.69, 9.17) is 0 Å². The number of pyridine rings is 1. The summed E-state index contributed by atoms with van der Waals surface area (Å²) in [5.41, 5.74) is 4.16. The van der Waals surface area contributed by atoms with Gasteiger partial charge in [-0.3, -0.25) is 9.20 Å². The van der Waals surface area contributed by atoms with Gasteiger partial charge in [0, 0.05) is 30.3 Å². The van der Waals surface area contributed by atoms with E-state index < -0.39 is 18.0 Å². The maximum absolute atomic E-state index is 12.7. The minimum atomic E-state index is -4.25. The zero-order valence-electron chi connectivity index (χ0n) is 18.2. The Bertz CT molecular complexity index is 1280. The van der Waals surface area contributed by atoms with Crippen molar-refractivity contribution in [3.8, 4) is 17.3 Å². The second-order valence-electron chi connectivity index (χ2n) is 8.54. The van der Waals surface area contributed by atoms with Gasteiger partial charge in [0.15, 0.2) is 11.4 Å². The summed E-state index contributed by atoms with van der Waals surface area (Å²) in [5.74, 6) is -0.0404. The third-order valence-corrected chi connectivity index (χ3v) is 6.00. The number of fused-ring (bicyclic) bond motifs is 1. The fourth-order valence-corrected chi connectivity index (χ4v) is 3.92. The first-order chi connectivity index (χ1) is 15.6. The molecule has 0 bridgehead atoms. The molecule has 4 rings (SSSR count). The van der Waals surface area contributed by atoms with E-state index in [9.17, 15) is 23.2 Å². The van der Waals surface area contributed by atoms with Gasteiger partial charge in [0.2, 0.25) is 0 Å². The van der Waals surface area contributed by atoms with Crippen LogP contribution in [0.1, 0.15) is 47.2 Å². The van der Waals surface area contributed by atoms with Crippen LogP contribution in [0.3, 0.4) is 0 Å². The number of benzene rings is 1. The molecule has 0 radical (unpaired) electrons. The number of Topliss-reactive ketones (excluding diaryl/α,β-unsaturated/α-hetero) is 1. The van der Waals surface area contributed by atoms with Crippen LogP contribution in [0.2, 0.25) is 0 Å². The van der Waals surface area contributed by atoms with Crippen LogP contribution in [0.15, 0.2) is 43.2 Å². The number of alkyl halides is 3. The third kappa shape index (κ3) is 4.77. The quantitative estimate of drug-likeness (QED) is 0.414. The number of ketones is 1. The highest BCUT2D eigenvalue weighted by Gasteiger charge is 2.45. The number of carbonyl (C=O) groups is 1. The lowest BCUT2D eigenvalue weighted by Crippen LogP contribution is -2.15. The first kappa shape index (κ1) is 22.6. The van der Waals surface area contributed by atoms with Gasteiger partial charge >= 0.3 is 6.18 Å². The van der Waals surface area contributed by atoms with Gasteiger partial charge in [0.05, 0.1) is 35.5 Å². The zero-order valence-corrected chi connectivity index (χ0v) is 18.2. The Kier molecular flexibility index (Phi) is 5.75. The van der Waals surface area contributed by atoms with Crippen molar-refractivity contribution in [1.29, 1.82) is 5.26 Å². The van der Waals surface area contributed by atoms with Crippen LogP contribution in [-0.2, 0) is 0 Å². The number of aryl methyl sites for hydroxylation is 1. The summed E-state index contributed by atoms with van der Waals surface area (Å²) in [6.07, 6.45) is 1.65. The van der Waals surface area contributed by atoms with Crippen molar-refractivity contribution in [3.05, 3.63) is 59.9 Å². The second-order valence-corrected chi connectivity index (χ2v) is 8.54. The van der Waals surface area contributed by atoms with Gasteiger partial charge in [0.1, 0.15) is 0 Å². The average molecular weight is 452 g/mol. The molecule has 1 aliphatic carbocycles. The molecule has 33 heavy (non-hydrogen) atoms. The molecule has 1 saturated carbocycles. The van der Waals surface area contributed by atoms with Crippen molar-refractivity contribution in [3.63, 3.8) is 0 Å². The number of carbonyl (C=O) groups excluding carboxylic acids is 1. The smallest absolute Gasteiger partial charge is 0.382 e. The van der Waals surface area contributed by atoms with Gasteiger partial charge in [-0.05, 0) is 43.0 Å². The van der Waals surface area contributed by atoms with Crippen LogP contribution in [0, 0.1) is 23.7 Å². The standard InChI is InChI=1S/C25H23F3N4O/c1-3-17-11-20(30-9-8-25(26,27)28)23-31-13-21(32(23)14-17)18-4-5-19(16(2)10-18)22(33)12-24(15-29)6-7-24/h3-5,10-11,13-14,30H,1,6-9,12H2,2H3. The number of nitrogens with zero attached hydrogens (tertiary/aromatic N) is 3. The highest BCUT2D eigenvalue weighted by molar-refractivity contribution is 5.98. The van der Waals surface area contributed by atoms with Crippen LogP contribution in [0.4, 0.5) is 18.9 Å². The molecule has 170 valence electrons. The normalized spacial score (nSPS) is 14.6. The predicted octanol–water partition coefficient (Wildman–Crippen LogP) is 6.19. The molecule has 3 aromatic rings. The molecule has 2 aromatic heterocycles. The summed E-state index contributed by atoms with van der Waals surface area (Å²) in [7, 11) is 0. The Labute approximate surface area is 189 Å². The van der Waals surface area contributed by atoms with Gasteiger partial charge in [-0.2, -0.15) is 18.4 Å². The van der Waals surface area contributed by atoms with Crippen molar-refractivity contribution in [2.75, 3.05) is 11.9 Å². The van der Waals surface area contributed by atoms with Crippen molar-refractivity contribution < 1.29 is 18.0 Å². The Balaban J connectivity index is 1.65. The van der Waals surface area contributed by atoms with E-state index in [-0.39, 0.29) is 18.7 Å². The molecule has 1 N–H and O–H groups in total. The summed E-state index contributed by atoms with van der Waals surface area (Å²) in [6.45, 7) is 5.36. The Morgan fingerprint density at radius 2 is 2.12 bits per heavy atom. The monoisotopic (exact) mass is 452 g/mol. The molecule has 5 nitrogen and oxygen atoms in total. The summed E-state index contributed by atoms with van der Waals surface area (Å²) in [4.78, 5) is 17.1. The number of nitrogens with one attached hydrogen (secondary N) is 1. The van der Waals surface area contributed by atoms with Gasteiger partial charge < -0.3 is 5.32 Å². The van der Waals surface area contributed by atoms with Crippen molar-refractivity contribution >= 4 is 23.2 Å². The number of rotatable bonds is 8. The number of imidazole rings is 1.